The summed E-state index contributed by atoms with van der Waals surface area (Å²) in [6, 6.07) is 10.3. The zero-order valence-electron chi connectivity index (χ0n) is 12.6. The molecule has 3 N–H and O–H groups in total. The van der Waals surface area contributed by atoms with Crippen molar-refractivity contribution in [1.29, 1.82) is 0 Å². The van der Waals surface area contributed by atoms with Gasteiger partial charge in [-0.05, 0) is 36.8 Å². The molecule has 0 aliphatic rings. The lowest BCUT2D eigenvalue weighted by Crippen LogP contribution is -2.40. The highest BCUT2D eigenvalue weighted by Gasteiger charge is 2.26. The number of urea groups is 1. The van der Waals surface area contributed by atoms with Crippen molar-refractivity contribution in [1.82, 2.24) is 5.32 Å². The number of methoxy groups -OCH3 is 1. The minimum absolute atomic E-state index is 0.0319. The fourth-order valence-electron chi connectivity index (χ4n) is 2.01. The Balaban J connectivity index is 1.89. The highest BCUT2D eigenvalue weighted by molar-refractivity contribution is 5.89. The Kier molecular flexibility index (Phi) is 5.19. The number of anilines is 1. The van der Waals surface area contributed by atoms with Crippen molar-refractivity contribution in [2.24, 2.45) is 0 Å². The summed E-state index contributed by atoms with van der Waals surface area (Å²) < 4.78 is 10.2. The normalized spacial score (nSPS) is 13.4. The maximum absolute atomic E-state index is 11.9. The number of furan rings is 1. The SMILES string of the molecule is COCc1cccc(NC(=O)NCC(C)(O)c2ccco2)c1. The van der Waals surface area contributed by atoms with Crippen LogP contribution in [0.15, 0.2) is 47.1 Å². The Morgan fingerprint density at radius 3 is 2.86 bits per heavy atom. The molecule has 6 nitrogen and oxygen atoms in total. The standard InChI is InChI=1S/C16H20N2O4/c1-16(20,14-7-4-8-22-14)11-17-15(19)18-13-6-3-5-12(9-13)10-21-2/h3-9,20H,10-11H2,1-2H3,(H2,17,18,19). The average molecular weight is 304 g/mol. The first-order valence-electron chi connectivity index (χ1n) is 6.90. The number of amides is 2. The summed E-state index contributed by atoms with van der Waals surface area (Å²) in [6.07, 6.45) is 1.48. The van der Waals surface area contributed by atoms with Crippen molar-refractivity contribution in [2.75, 3.05) is 19.0 Å². The van der Waals surface area contributed by atoms with Gasteiger partial charge in [0.1, 0.15) is 11.4 Å². The van der Waals surface area contributed by atoms with E-state index in [0.717, 1.165) is 5.56 Å². The monoisotopic (exact) mass is 304 g/mol. The van der Waals surface area contributed by atoms with Crippen molar-refractivity contribution in [3.63, 3.8) is 0 Å². The Bertz CT molecular complexity index is 608. The molecule has 0 aliphatic heterocycles. The molecule has 6 heteroatoms. The van der Waals surface area contributed by atoms with E-state index in [9.17, 15) is 9.90 Å². The fraction of sp³-hybridized carbons (Fsp3) is 0.312. The van der Waals surface area contributed by atoms with Crippen molar-refractivity contribution in [3.05, 3.63) is 54.0 Å². The third kappa shape index (κ3) is 4.34. The predicted molar refractivity (Wildman–Crippen MR) is 82.5 cm³/mol. The molecule has 2 aromatic rings. The first-order valence-corrected chi connectivity index (χ1v) is 6.90. The zero-order valence-corrected chi connectivity index (χ0v) is 12.6. The van der Waals surface area contributed by atoms with Crippen LogP contribution in [-0.4, -0.2) is 24.8 Å². The van der Waals surface area contributed by atoms with Crippen LogP contribution in [0.4, 0.5) is 10.5 Å². The van der Waals surface area contributed by atoms with Crippen molar-refractivity contribution in [2.45, 2.75) is 19.1 Å². The van der Waals surface area contributed by atoms with Gasteiger partial charge in [0.15, 0.2) is 0 Å². The van der Waals surface area contributed by atoms with Gasteiger partial charge in [-0.1, -0.05) is 12.1 Å². The summed E-state index contributed by atoms with van der Waals surface area (Å²) in [5.74, 6) is 0.398. The molecule has 1 aromatic heterocycles. The largest absolute Gasteiger partial charge is 0.466 e. The van der Waals surface area contributed by atoms with Crippen LogP contribution in [0, 0.1) is 0 Å². The third-order valence-electron chi connectivity index (χ3n) is 3.14. The van der Waals surface area contributed by atoms with Crippen LogP contribution >= 0.6 is 0 Å². The van der Waals surface area contributed by atoms with Gasteiger partial charge in [0.2, 0.25) is 0 Å². The smallest absolute Gasteiger partial charge is 0.319 e. The highest BCUT2D eigenvalue weighted by Crippen LogP contribution is 2.19. The number of hydrogen-bond donors (Lipinski definition) is 3. The molecule has 2 rings (SSSR count). The molecule has 0 saturated carbocycles. The Morgan fingerprint density at radius 2 is 2.18 bits per heavy atom. The lowest BCUT2D eigenvalue weighted by Gasteiger charge is -2.21. The molecule has 0 fully saturated rings. The molecule has 1 aromatic carbocycles. The highest BCUT2D eigenvalue weighted by atomic mass is 16.5. The summed E-state index contributed by atoms with van der Waals surface area (Å²) in [4.78, 5) is 11.9. The summed E-state index contributed by atoms with van der Waals surface area (Å²) in [5.41, 5.74) is 0.353. The number of carbonyl (C=O) groups is 1. The van der Waals surface area contributed by atoms with Gasteiger partial charge in [0, 0.05) is 12.8 Å². The van der Waals surface area contributed by atoms with Crippen molar-refractivity contribution >= 4 is 11.7 Å². The second-order valence-electron chi connectivity index (χ2n) is 5.19. The first kappa shape index (κ1) is 16.1. The van der Waals surface area contributed by atoms with Gasteiger partial charge < -0.3 is 24.9 Å². The van der Waals surface area contributed by atoms with E-state index < -0.39 is 11.6 Å². The van der Waals surface area contributed by atoms with E-state index in [4.69, 9.17) is 9.15 Å². The molecule has 0 bridgehead atoms. The van der Waals surface area contributed by atoms with Crippen LogP contribution in [0.1, 0.15) is 18.2 Å². The topological polar surface area (TPSA) is 83.7 Å². The van der Waals surface area contributed by atoms with Gasteiger partial charge >= 0.3 is 6.03 Å². The van der Waals surface area contributed by atoms with Gasteiger partial charge in [0.25, 0.3) is 0 Å². The summed E-state index contributed by atoms with van der Waals surface area (Å²) in [7, 11) is 1.61. The molecular weight excluding hydrogens is 284 g/mol. The number of benzene rings is 1. The number of ether oxygens (including phenoxy) is 1. The lowest BCUT2D eigenvalue weighted by molar-refractivity contribution is 0.0372. The van der Waals surface area contributed by atoms with Gasteiger partial charge in [-0.15, -0.1) is 0 Å². The Labute approximate surface area is 129 Å². The second kappa shape index (κ2) is 7.11. The van der Waals surface area contributed by atoms with E-state index in [1.54, 1.807) is 32.2 Å². The van der Waals surface area contributed by atoms with E-state index in [0.29, 0.717) is 18.1 Å². The molecule has 1 unspecified atom stereocenters. The molecule has 1 heterocycles. The molecule has 22 heavy (non-hydrogen) atoms. The molecular formula is C16H20N2O4. The van der Waals surface area contributed by atoms with Crippen molar-refractivity contribution < 1.29 is 19.1 Å². The molecule has 0 aliphatic carbocycles. The van der Waals surface area contributed by atoms with Gasteiger partial charge in [-0.3, -0.25) is 0 Å². The maximum atomic E-state index is 11.9. The number of nitrogens with one attached hydrogen (secondary N) is 2. The van der Waals surface area contributed by atoms with Crippen LogP contribution in [0.2, 0.25) is 0 Å². The Morgan fingerprint density at radius 1 is 1.36 bits per heavy atom. The van der Waals surface area contributed by atoms with Crippen LogP contribution < -0.4 is 10.6 Å². The Hall–Kier alpha value is -2.31. The first-order chi connectivity index (χ1) is 10.5. The molecule has 0 spiro atoms. The van der Waals surface area contributed by atoms with E-state index in [1.807, 2.05) is 18.2 Å². The number of aliphatic hydroxyl groups is 1. The molecule has 118 valence electrons. The minimum atomic E-state index is -1.27. The quantitative estimate of drug-likeness (QED) is 0.765. The molecule has 2 amide bonds. The van der Waals surface area contributed by atoms with Gasteiger partial charge in [-0.2, -0.15) is 0 Å². The van der Waals surface area contributed by atoms with Crippen molar-refractivity contribution in [3.8, 4) is 0 Å². The van der Waals surface area contributed by atoms with Crippen LogP contribution in [-0.2, 0) is 16.9 Å². The zero-order chi connectivity index (χ0) is 16.0. The number of rotatable bonds is 6. The summed E-state index contributed by atoms with van der Waals surface area (Å²) >= 11 is 0. The molecule has 0 radical (unpaired) electrons. The average Bonchev–Trinajstić information content (AvgIpc) is 3.01. The minimum Gasteiger partial charge on any atom is -0.466 e. The summed E-state index contributed by atoms with van der Waals surface area (Å²) in [6.45, 7) is 2.08. The summed E-state index contributed by atoms with van der Waals surface area (Å²) in [5, 5.41) is 15.6. The van der Waals surface area contributed by atoms with E-state index in [-0.39, 0.29) is 6.54 Å². The maximum Gasteiger partial charge on any atom is 0.319 e. The fourth-order valence-corrected chi connectivity index (χ4v) is 2.01. The third-order valence-corrected chi connectivity index (χ3v) is 3.14. The van der Waals surface area contributed by atoms with Crippen LogP contribution in [0.3, 0.4) is 0 Å². The van der Waals surface area contributed by atoms with Gasteiger partial charge in [-0.25, -0.2) is 4.79 Å². The molecule has 1 atom stereocenters. The van der Waals surface area contributed by atoms with Crippen LogP contribution in [0.5, 0.6) is 0 Å². The van der Waals surface area contributed by atoms with E-state index in [1.165, 1.54) is 6.26 Å². The predicted octanol–water partition coefficient (Wildman–Crippen LogP) is 2.46. The molecule has 0 saturated heterocycles. The van der Waals surface area contributed by atoms with Gasteiger partial charge in [0.05, 0.1) is 19.4 Å². The van der Waals surface area contributed by atoms with Crippen LogP contribution in [0.25, 0.3) is 0 Å². The van der Waals surface area contributed by atoms with E-state index >= 15 is 0 Å². The number of hydrogen-bond acceptors (Lipinski definition) is 4. The lowest BCUT2D eigenvalue weighted by atomic mass is 10.0. The second-order valence-corrected chi connectivity index (χ2v) is 5.19. The number of carbonyl (C=O) groups excluding carboxylic acids is 1. The van der Waals surface area contributed by atoms with E-state index in [2.05, 4.69) is 10.6 Å².